The fourth-order valence-corrected chi connectivity index (χ4v) is 3.87. The van der Waals surface area contributed by atoms with Crippen molar-refractivity contribution in [3.05, 3.63) is 22.7 Å². The second-order valence-corrected chi connectivity index (χ2v) is 6.10. The highest BCUT2D eigenvalue weighted by molar-refractivity contribution is 8.15. The third kappa shape index (κ3) is 1.84. The van der Waals surface area contributed by atoms with Gasteiger partial charge in [-0.2, -0.15) is 8.42 Å². The summed E-state index contributed by atoms with van der Waals surface area (Å²) in [5.74, 6) is 0. The van der Waals surface area contributed by atoms with Crippen LogP contribution in [0.3, 0.4) is 0 Å². The standard InChI is InChI=1S/C8H7ClN2O2S2/c1-4-2-7-6(3-5(4)9)14-8(10)11-15(7,12)13/h2-3H,1H3,(H2,10,11). The van der Waals surface area contributed by atoms with Crippen LogP contribution in [-0.2, 0) is 10.0 Å². The Bertz CT molecular complexity index is 566. The third-order valence-electron chi connectivity index (χ3n) is 1.93. The number of thioether (sulfide) groups is 1. The van der Waals surface area contributed by atoms with Gasteiger partial charge in [0.25, 0.3) is 10.0 Å². The Morgan fingerprint density at radius 2 is 2.13 bits per heavy atom. The van der Waals surface area contributed by atoms with Gasteiger partial charge in [-0.05, 0) is 24.6 Å². The average Bonchev–Trinajstić information content (AvgIpc) is 2.07. The quantitative estimate of drug-likeness (QED) is 0.773. The van der Waals surface area contributed by atoms with Crippen molar-refractivity contribution < 1.29 is 8.42 Å². The molecule has 0 aromatic heterocycles. The van der Waals surface area contributed by atoms with Gasteiger partial charge in [0, 0.05) is 9.92 Å². The van der Waals surface area contributed by atoms with Crippen LogP contribution in [0.5, 0.6) is 0 Å². The van der Waals surface area contributed by atoms with E-state index in [0.29, 0.717) is 15.5 Å². The zero-order valence-electron chi connectivity index (χ0n) is 7.69. The highest BCUT2D eigenvalue weighted by Gasteiger charge is 2.25. The second kappa shape index (κ2) is 3.40. The Kier molecular flexibility index (Phi) is 2.44. The molecule has 0 saturated carbocycles. The van der Waals surface area contributed by atoms with E-state index < -0.39 is 10.0 Å². The predicted molar refractivity (Wildman–Crippen MR) is 60.9 cm³/mol. The molecule has 1 aliphatic rings. The maximum absolute atomic E-state index is 11.6. The highest BCUT2D eigenvalue weighted by Crippen LogP contribution is 2.36. The Balaban J connectivity index is 2.75. The lowest BCUT2D eigenvalue weighted by atomic mass is 10.2. The molecule has 0 saturated heterocycles. The first kappa shape index (κ1) is 10.8. The van der Waals surface area contributed by atoms with Gasteiger partial charge in [0.05, 0.1) is 0 Å². The Hall–Kier alpha value is -0.720. The summed E-state index contributed by atoms with van der Waals surface area (Å²) < 4.78 is 26.7. The molecule has 0 unspecified atom stereocenters. The van der Waals surface area contributed by atoms with Crippen molar-refractivity contribution in [2.45, 2.75) is 16.7 Å². The van der Waals surface area contributed by atoms with Crippen LogP contribution in [0, 0.1) is 6.92 Å². The summed E-state index contributed by atoms with van der Waals surface area (Å²) in [6.45, 7) is 1.74. The minimum Gasteiger partial charge on any atom is -0.377 e. The molecular formula is C8H7ClN2O2S2. The molecule has 80 valence electrons. The van der Waals surface area contributed by atoms with E-state index in [0.717, 1.165) is 11.8 Å². The second-order valence-electron chi connectivity index (χ2n) is 3.05. The van der Waals surface area contributed by atoms with Crippen LogP contribution >= 0.6 is 23.4 Å². The lowest BCUT2D eigenvalue weighted by molar-refractivity contribution is 0.595. The fourth-order valence-electron chi connectivity index (χ4n) is 1.22. The van der Waals surface area contributed by atoms with Crippen molar-refractivity contribution in [2.24, 2.45) is 10.1 Å². The third-order valence-corrected chi connectivity index (χ3v) is 4.77. The summed E-state index contributed by atoms with van der Waals surface area (Å²) in [5.41, 5.74) is 6.11. The first-order valence-electron chi connectivity index (χ1n) is 3.98. The van der Waals surface area contributed by atoms with Gasteiger partial charge in [0.1, 0.15) is 4.90 Å². The molecule has 1 heterocycles. The van der Waals surface area contributed by atoms with Crippen LogP contribution in [0.2, 0.25) is 5.02 Å². The van der Waals surface area contributed by atoms with Gasteiger partial charge in [-0.1, -0.05) is 23.4 Å². The molecule has 15 heavy (non-hydrogen) atoms. The molecular weight excluding hydrogens is 256 g/mol. The van der Waals surface area contributed by atoms with Crippen molar-refractivity contribution in [3.8, 4) is 0 Å². The number of halogens is 1. The number of sulfonamides is 1. The van der Waals surface area contributed by atoms with E-state index in [9.17, 15) is 8.42 Å². The van der Waals surface area contributed by atoms with Crippen molar-refractivity contribution in [2.75, 3.05) is 0 Å². The number of hydrogen-bond acceptors (Lipinski definition) is 4. The van der Waals surface area contributed by atoms with Crippen LogP contribution in [0.1, 0.15) is 5.56 Å². The predicted octanol–water partition coefficient (Wildman–Crippen LogP) is 1.76. The number of aryl methyl sites for hydroxylation is 1. The Labute approximate surface area is 96.6 Å². The monoisotopic (exact) mass is 262 g/mol. The fraction of sp³-hybridized carbons (Fsp3) is 0.125. The number of fused-ring (bicyclic) bond motifs is 1. The summed E-state index contributed by atoms with van der Waals surface area (Å²) >= 11 is 7.00. The van der Waals surface area contributed by atoms with E-state index in [1.54, 1.807) is 13.0 Å². The summed E-state index contributed by atoms with van der Waals surface area (Å²) in [7, 11) is -3.65. The number of amidine groups is 1. The van der Waals surface area contributed by atoms with E-state index in [2.05, 4.69) is 4.40 Å². The largest absolute Gasteiger partial charge is 0.377 e. The molecule has 2 N–H and O–H groups in total. The van der Waals surface area contributed by atoms with E-state index in [1.807, 2.05) is 0 Å². The molecule has 0 spiro atoms. The molecule has 7 heteroatoms. The van der Waals surface area contributed by atoms with Gasteiger partial charge in [-0.3, -0.25) is 0 Å². The minimum absolute atomic E-state index is 0.0161. The SMILES string of the molecule is Cc1cc2c(cc1Cl)SC(N)=NS2(=O)=O. The average molecular weight is 263 g/mol. The number of rotatable bonds is 0. The Morgan fingerprint density at radius 1 is 1.47 bits per heavy atom. The van der Waals surface area contributed by atoms with Crippen molar-refractivity contribution >= 4 is 38.6 Å². The van der Waals surface area contributed by atoms with Gasteiger partial charge in [-0.25, -0.2) is 0 Å². The lowest BCUT2D eigenvalue weighted by Crippen LogP contribution is -2.16. The summed E-state index contributed by atoms with van der Waals surface area (Å²) in [4.78, 5) is 0.696. The van der Waals surface area contributed by atoms with E-state index in [-0.39, 0.29) is 10.1 Å². The summed E-state index contributed by atoms with van der Waals surface area (Å²) in [6.07, 6.45) is 0. The van der Waals surface area contributed by atoms with Gasteiger partial charge in [0.2, 0.25) is 0 Å². The van der Waals surface area contributed by atoms with Gasteiger partial charge < -0.3 is 5.73 Å². The number of hydrogen-bond donors (Lipinski definition) is 1. The molecule has 0 fully saturated rings. The first-order valence-corrected chi connectivity index (χ1v) is 6.62. The molecule has 0 amide bonds. The smallest absolute Gasteiger partial charge is 0.285 e. The maximum atomic E-state index is 11.6. The minimum atomic E-state index is -3.65. The van der Waals surface area contributed by atoms with E-state index in [4.69, 9.17) is 17.3 Å². The van der Waals surface area contributed by atoms with Crippen LogP contribution in [-0.4, -0.2) is 13.6 Å². The van der Waals surface area contributed by atoms with E-state index in [1.165, 1.54) is 6.07 Å². The first-order chi connectivity index (χ1) is 6.90. The number of nitrogens with two attached hydrogens (primary N) is 1. The van der Waals surface area contributed by atoms with Gasteiger partial charge >= 0.3 is 0 Å². The van der Waals surface area contributed by atoms with Crippen LogP contribution in [0.25, 0.3) is 0 Å². The summed E-state index contributed by atoms with van der Waals surface area (Å²) in [5, 5.41) is 0.536. The van der Waals surface area contributed by atoms with E-state index >= 15 is 0 Å². The molecule has 2 rings (SSSR count). The normalized spacial score (nSPS) is 18.1. The van der Waals surface area contributed by atoms with Crippen molar-refractivity contribution in [1.82, 2.24) is 0 Å². The van der Waals surface area contributed by atoms with Gasteiger partial charge in [0.15, 0.2) is 5.17 Å². The van der Waals surface area contributed by atoms with Crippen molar-refractivity contribution in [3.63, 3.8) is 0 Å². The highest BCUT2D eigenvalue weighted by atomic mass is 35.5. The molecule has 1 aliphatic heterocycles. The zero-order valence-corrected chi connectivity index (χ0v) is 10.1. The molecule has 0 aliphatic carbocycles. The lowest BCUT2D eigenvalue weighted by Gasteiger charge is -2.13. The molecule has 1 aromatic carbocycles. The van der Waals surface area contributed by atoms with Crippen LogP contribution in [0.4, 0.5) is 0 Å². The zero-order chi connectivity index (χ0) is 11.2. The number of benzene rings is 1. The molecule has 0 radical (unpaired) electrons. The molecule has 4 nitrogen and oxygen atoms in total. The molecule has 1 aromatic rings. The Morgan fingerprint density at radius 3 is 2.80 bits per heavy atom. The van der Waals surface area contributed by atoms with Crippen LogP contribution in [0.15, 0.2) is 26.3 Å². The topological polar surface area (TPSA) is 72.5 Å². The van der Waals surface area contributed by atoms with Crippen molar-refractivity contribution in [1.29, 1.82) is 0 Å². The summed E-state index contributed by atoms with van der Waals surface area (Å²) in [6, 6.07) is 3.10. The van der Waals surface area contributed by atoms with Gasteiger partial charge in [-0.15, -0.1) is 4.40 Å². The molecule has 0 atom stereocenters. The number of nitrogens with zero attached hydrogens (tertiary/aromatic N) is 1. The van der Waals surface area contributed by atoms with Crippen LogP contribution < -0.4 is 5.73 Å². The molecule has 0 bridgehead atoms. The maximum Gasteiger partial charge on any atom is 0.285 e.